The molecule has 0 N–H and O–H groups in total. The first-order valence-electron chi connectivity index (χ1n) is 1.56. The van der Waals surface area contributed by atoms with Crippen molar-refractivity contribution in [2.75, 3.05) is 0 Å². The minimum absolute atomic E-state index is 0.0440. The van der Waals surface area contributed by atoms with Crippen molar-refractivity contribution in [2.24, 2.45) is 0 Å². The van der Waals surface area contributed by atoms with Gasteiger partial charge in [0.1, 0.15) is 6.29 Å². The maximum Gasteiger partial charge on any atom is 0.197 e. The number of alkyl halides is 3. The van der Waals surface area contributed by atoms with Gasteiger partial charge in [-0.25, -0.2) is 0 Å². The van der Waals surface area contributed by atoms with Crippen LogP contribution in [0.4, 0.5) is 0 Å². The summed E-state index contributed by atoms with van der Waals surface area (Å²) in [4.78, 5) is 9.57. The van der Waals surface area contributed by atoms with Gasteiger partial charge in [0.15, 0.2) is 3.79 Å². The van der Waals surface area contributed by atoms with Gasteiger partial charge in [0.2, 0.25) is 0 Å². The van der Waals surface area contributed by atoms with Crippen LogP contribution in [-0.4, -0.2) is 10.1 Å². The van der Waals surface area contributed by atoms with Gasteiger partial charge in [-0.1, -0.05) is 34.8 Å². The van der Waals surface area contributed by atoms with E-state index < -0.39 is 3.79 Å². The molecule has 0 aliphatic heterocycles. The Kier molecular flexibility index (Phi) is 2.96. The second-order valence-corrected chi connectivity index (χ2v) is 3.50. The zero-order chi connectivity index (χ0) is 5.91. The molecule has 0 aromatic rings. The summed E-state index contributed by atoms with van der Waals surface area (Å²) in [5.41, 5.74) is 0. The highest BCUT2D eigenvalue weighted by molar-refractivity contribution is 6.68. The lowest BCUT2D eigenvalue weighted by Gasteiger charge is -2.01. The van der Waals surface area contributed by atoms with E-state index in [4.69, 9.17) is 34.8 Å². The maximum absolute atomic E-state index is 9.57. The molecular formula is C3H3Cl3O. The van der Waals surface area contributed by atoms with Crippen molar-refractivity contribution in [3.05, 3.63) is 0 Å². The van der Waals surface area contributed by atoms with E-state index >= 15 is 0 Å². The molecule has 0 saturated carbocycles. The second kappa shape index (κ2) is 2.75. The molecule has 0 aromatic heterocycles. The molecule has 0 atom stereocenters. The standard InChI is InChI=1S/C3H3Cl3O/c4-3(5,6)1-2-7/h2H,1H2. The van der Waals surface area contributed by atoms with Crippen LogP contribution >= 0.6 is 34.8 Å². The van der Waals surface area contributed by atoms with Gasteiger partial charge < -0.3 is 4.79 Å². The summed E-state index contributed by atoms with van der Waals surface area (Å²) in [7, 11) is 0. The molecule has 0 saturated heterocycles. The van der Waals surface area contributed by atoms with Gasteiger partial charge in [-0.05, 0) is 0 Å². The van der Waals surface area contributed by atoms with Gasteiger partial charge in [0.25, 0.3) is 0 Å². The summed E-state index contributed by atoms with van der Waals surface area (Å²) in [5.74, 6) is 0. The molecule has 0 amide bonds. The van der Waals surface area contributed by atoms with Crippen LogP contribution in [0.2, 0.25) is 0 Å². The number of aldehydes is 1. The van der Waals surface area contributed by atoms with E-state index in [0.717, 1.165) is 0 Å². The van der Waals surface area contributed by atoms with E-state index in [2.05, 4.69) is 0 Å². The van der Waals surface area contributed by atoms with Crippen LogP contribution in [0.1, 0.15) is 6.42 Å². The monoisotopic (exact) mass is 160 g/mol. The Hall–Kier alpha value is 0.540. The molecular weight excluding hydrogens is 158 g/mol. The van der Waals surface area contributed by atoms with Crippen LogP contribution in [0, 0.1) is 0 Å². The molecule has 0 bridgehead atoms. The molecule has 0 aliphatic carbocycles. The average Bonchev–Trinajstić information content (AvgIpc) is 1.30. The second-order valence-electron chi connectivity index (χ2n) is 0.986. The Morgan fingerprint density at radius 1 is 1.43 bits per heavy atom. The molecule has 7 heavy (non-hydrogen) atoms. The van der Waals surface area contributed by atoms with Gasteiger partial charge in [-0.2, -0.15) is 0 Å². The summed E-state index contributed by atoms with van der Waals surface area (Å²) >= 11 is 15.4. The molecule has 0 unspecified atom stereocenters. The highest BCUT2D eigenvalue weighted by Crippen LogP contribution is 2.28. The number of hydrogen-bond acceptors (Lipinski definition) is 1. The average molecular weight is 161 g/mol. The SMILES string of the molecule is O=CCC(Cl)(Cl)Cl. The van der Waals surface area contributed by atoms with Gasteiger partial charge in [-0.15, -0.1) is 0 Å². The lowest BCUT2D eigenvalue weighted by Crippen LogP contribution is -2.00. The third kappa shape index (κ3) is 6.54. The molecule has 0 rings (SSSR count). The Labute approximate surface area is 56.5 Å². The first kappa shape index (κ1) is 7.54. The molecule has 0 spiro atoms. The zero-order valence-electron chi connectivity index (χ0n) is 3.33. The summed E-state index contributed by atoms with van der Waals surface area (Å²) in [5, 5.41) is 0. The lowest BCUT2D eigenvalue weighted by molar-refractivity contribution is -0.107. The fourth-order valence-electron chi connectivity index (χ4n) is 0.0945. The number of hydrogen-bond donors (Lipinski definition) is 0. The van der Waals surface area contributed by atoms with Crippen LogP contribution in [-0.2, 0) is 4.79 Å². The fraction of sp³-hybridized carbons (Fsp3) is 0.667. The topological polar surface area (TPSA) is 17.1 Å². The largest absolute Gasteiger partial charge is 0.303 e. The Bertz CT molecular complexity index is 65.1. The minimum Gasteiger partial charge on any atom is -0.303 e. The first-order valence-corrected chi connectivity index (χ1v) is 2.70. The summed E-state index contributed by atoms with van der Waals surface area (Å²) in [6.45, 7) is 0. The van der Waals surface area contributed by atoms with E-state index in [-0.39, 0.29) is 6.42 Å². The summed E-state index contributed by atoms with van der Waals surface area (Å²) in [6, 6.07) is 0. The molecule has 0 heterocycles. The van der Waals surface area contributed by atoms with E-state index in [0.29, 0.717) is 6.29 Å². The minimum atomic E-state index is -1.40. The normalized spacial score (nSPS) is 11.3. The predicted octanol–water partition coefficient (Wildman–Crippen LogP) is 1.95. The third-order valence-electron chi connectivity index (χ3n) is 0.315. The van der Waals surface area contributed by atoms with Crippen LogP contribution in [0.3, 0.4) is 0 Å². The first-order chi connectivity index (χ1) is 3.06. The summed E-state index contributed by atoms with van der Waals surface area (Å²) < 4.78 is -1.40. The van der Waals surface area contributed by atoms with Crippen molar-refractivity contribution in [1.29, 1.82) is 0 Å². The molecule has 4 heteroatoms. The number of halogens is 3. The number of rotatable bonds is 1. The molecule has 42 valence electrons. The Morgan fingerprint density at radius 3 is 1.86 bits per heavy atom. The number of carbonyl (C=O) groups excluding carboxylic acids is 1. The highest BCUT2D eigenvalue weighted by atomic mass is 35.6. The molecule has 1 nitrogen and oxygen atoms in total. The zero-order valence-corrected chi connectivity index (χ0v) is 5.59. The van der Waals surface area contributed by atoms with Gasteiger partial charge in [-0.3, -0.25) is 0 Å². The van der Waals surface area contributed by atoms with Crippen molar-refractivity contribution < 1.29 is 4.79 Å². The maximum atomic E-state index is 9.57. The van der Waals surface area contributed by atoms with Crippen molar-refractivity contribution in [2.45, 2.75) is 10.2 Å². The quantitative estimate of drug-likeness (QED) is 0.424. The van der Waals surface area contributed by atoms with Crippen molar-refractivity contribution in [3.63, 3.8) is 0 Å². The van der Waals surface area contributed by atoms with Gasteiger partial charge in [0, 0.05) is 0 Å². The lowest BCUT2D eigenvalue weighted by atomic mass is 10.5. The predicted molar refractivity (Wildman–Crippen MR) is 31.0 cm³/mol. The van der Waals surface area contributed by atoms with E-state index in [1.165, 1.54) is 0 Å². The van der Waals surface area contributed by atoms with Crippen LogP contribution in [0.25, 0.3) is 0 Å². The Balaban J connectivity index is 3.34. The van der Waals surface area contributed by atoms with Crippen LogP contribution in [0.5, 0.6) is 0 Å². The smallest absolute Gasteiger partial charge is 0.197 e. The van der Waals surface area contributed by atoms with Crippen LogP contribution in [0.15, 0.2) is 0 Å². The molecule has 0 fully saturated rings. The van der Waals surface area contributed by atoms with Crippen LogP contribution < -0.4 is 0 Å². The van der Waals surface area contributed by atoms with E-state index in [9.17, 15) is 4.79 Å². The van der Waals surface area contributed by atoms with Gasteiger partial charge in [0.05, 0.1) is 6.42 Å². The molecule has 0 radical (unpaired) electrons. The third-order valence-corrected chi connectivity index (χ3v) is 0.778. The van der Waals surface area contributed by atoms with Crippen molar-refractivity contribution in [1.82, 2.24) is 0 Å². The Morgan fingerprint density at radius 2 is 1.86 bits per heavy atom. The van der Waals surface area contributed by atoms with E-state index in [1.54, 1.807) is 0 Å². The van der Waals surface area contributed by atoms with Crippen molar-refractivity contribution >= 4 is 41.1 Å². The molecule has 0 aromatic carbocycles. The number of carbonyl (C=O) groups is 1. The highest BCUT2D eigenvalue weighted by Gasteiger charge is 2.17. The summed E-state index contributed by atoms with van der Waals surface area (Å²) in [6.07, 6.45) is 0.519. The van der Waals surface area contributed by atoms with Crippen molar-refractivity contribution in [3.8, 4) is 0 Å². The fourth-order valence-corrected chi connectivity index (χ4v) is 0.283. The van der Waals surface area contributed by atoms with E-state index in [1.807, 2.05) is 0 Å². The molecule has 0 aliphatic rings. The van der Waals surface area contributed by atoms with Gasteiger partial charge >= 0.3 is 0 Å².